The number of benzene rings is 1. The molecule has 1 atom stereocenters. The summed E-state index contributed by atoms with van der Waals surface area (Å²) in [7, 11) is 1.80. The Morgan fingerprint density at radius 2 is 1.88 bits per heavy atom. The molecule has 2 aliphatic rings. The van der Waals surface area contributed by atoms with Crippen molar-refractivity contribution < 1.29 is 9.18 Å². The zero-order valence-electron chi connectivity index (χ0n) is 18.9. The number of carbonyl (C=O) groups is 1. The molecule has 7 nitrogen and oxygen atoms in total. The summed E-state index contributed by atoms with van der Waals surface area (Å²) in [6.07, 6.45) is 4.99. The van der Waals surface area contributed by atoms with Crippen LogP contribution in [0.2, 0.25) is 0 Å². The quantitative estimate of drug-likeness (QED) is 0.338. The third kappa shape index (κ3) is 5.54. The van der Waals surface area contributed by atoms with Gasteiger partial charge in [0.1, 0.15) is 5.82 Å². The van der Waals surface area contributed by atoms with Crippen LogP contribution in [0.5, 0.6) is 0 Å². The molecule has 32 heavy (non-hydrogen) atoms. The molecule has 1 amide bonds. The third-order valence-corrected chi connectivity index (χ3v) is 6.56. The number of carbonyl (C=O) groups excluding carboxylic acids is 1. The Morgan fingerprint density at radius 1 is 1.16 bits per heavy atom. The lowest BCUT2D eigenvalue weighted by atomic mass is 10.1. The van der Waals surface area contributed by atoms with Crippen molar-refractivity contribution in [2.75, 3.05) is 52.9 Å². The monoisotopic (exact) mass is 556 g/mol. The van der Waals surface area contributed by atoms with Gasteiger partial charge in [0.15, 0.2) is 5.96 Å². The Bertz CT molecular complexity index is 934. The normalized spacial score (nSPS) is 18.7. The predicted octanol–water partition coefficient (Wildman–Crippen LogP) is 2.67. The fraction of sp³-hybridized carbons (Fsp3) is 0.565. The smallest absolute Gasteiger partial charge is 0.239 e. The highest BCUT2D eigenvalue weighted by atomic mass is 127. The first kappa shape index (κ1) is 24.8. The molecule has 3 heterocycles. The van der Waals surface area contributed by atoms with E-state index in [0.29, 0.717) is 0 Å². The maximum absolute atomic E-state index is 13.6. The number of aliphatic imine (C=N–C) groups is 1. The van der Waals surface area contributed by atoms with Crippen molar-refractivity contribution in [2.24, 2.45) is 4.99 Å². The molecular formula is C23H34FIN6O. The number of aromatic nitrogens is 1. The number of hydrogen-bond acceptors (Lipinski definition) is 3. The highest BCUT2D eigenvalue weighted by molar-refractivity contribution is 14.0. The van der Waals surface area contributed by atoms with E-state index in [0.717, 1.165) is 87.5 Å². The molecule has 0 saturated carbocycles. The van der Waals surface area contributed by atoms with E-state index in [2.05, 4.69) is 25.1 Å². The molecule has 1 aromatic heterocycles. The molecule has 0 aliphatic carbocycles. The Balaban J connectivity index is 0.00000289. The van der Waals surface area contributed by atoms with Crippen molar-refractivity contribution in [2.45, 2.75) is 32.2 Å². The Hall–Kier alpha value is -1.88. The van der Waals surface area contributed by atoms with Gasteiger partial charge in [0.2, 0.25) is 5.91 Å². The van der Waals surface area contributed by atoms with Crippen LogP contribution in [0.1, 0.15) is 25.3 Å². The molecule has 0 spiro atoms. The first-order valence-corrected chi connectivity index (χ1v) is 11.3. The van der Waals surface area contributed by atoms with Crippen LogP contribution in [0.15, 0.2) is 29.4 Å². The van der Waals surface area contributed by atoms with Gasteiger partial charge in [0, 0.05) is 70.0 Å². The van der Waals surface area contributed by atoms with Gasteiger partial charge in [0.25, 0.3) is 0 Å². The van der Waals surface area contributed by atoms with Gasteiger partial charge in [0.05, 0.1) is 6.04 Å². The number of hydrogen-bond donors (Lipinski definition) is 2. The third-order valence-electron chi connectivity index (χ3n) is 6.56. The fourth-order valence-electron chi connectivity index (χ4n) is 4.68. The Labute approximate surface area is 206 Å². The van der Waals surface area contributed by atoms with E-state index in [9.17, 15) is 9.18 Å². The molecule has 2 aromatic rings. The fourth-order valence-corrected chi connectivity index (χ4v) is 4.68. The minimum absolute atomic E-state index is 0. The average molecular weight is 556 g/mol. The lowest BCUT2D eigenvalue weighted by Crippen LogP contribution is -2.57. The number of H-pyrrole nitrogens is 1. The average Bonchev–Trinajstić information content (AvgIpc) is 3.46. The summed E-state index contributed by atoms with van der Waals surface area (Å²) in [5.41, 5.74) is 2.05. The number of nitrogens with zero attached hydrogens (tertiary/aromatic N) is 4. The molecule has 0 radical (unpaired) electrons. The summed E-state index contributed by atoms with van der Waals surface area (Å²) in [4.78, 5) is 26.9. The Morgan fingerprint density at radius 3 is 2.56 bits per heavy atom. The first-order chi connectivity index (χ1) is 15.1. The number of nitrogens with one attached hydrogen (secondary N) is 2. The van der Waals surface area contributed by atoms with Crippen LogP contribution in [-0.2, 0) is 11.2 Å². The van der Waals surface area contributed by atoms with Crippen molar-refractivity contribution in [3.63, 3.8) is 0 Å². The van der Waals surface area contributed by atoms with Gasteiger partial charge in [-0.05, 0) is 49.9 Å². The maximum Gasteiger partial charge on any atom is 0.239 e. The van der Waals surface area contributed by atoms with E-state index in [-0.39, 0.29) is 41.7 Å². The number of rotatable bonds is 5. The molecule has 4 rings (SSSR count). The van der Waals surface area contributed by atoms with Crippen LogP contribution in [0.25, 0.3) is 10.9 Å². The number of aromatic amines is 1. The first-order valence-electron chi connectivity index (χ1n) is 11.3. The van der Waals surface area contributed by atoms with E-state index in [4.69, 9.17) is 0 Å². The maximum atomic E-state index is 13.6. The van der Waals surface area contributed by atoms with Crippen molar-refractivity contribution in [3.05, 3.63) is 35.8 Å². The van der Waals surface area contributed by atoms with Crippen molar-refractivity contribution >= 4 is 46.7 Å². The zero-order valence-corrected chi connectivity index (χ0v) is 21.3. The molecule has 2 aliphatic heterocycles. The molecule has 0 bridgehead atoms. The molecule has 9 heteroatoms. The number of piperazine rings is 1. The summed E-state index contributed by atoms with van der Waals surface area (Å²) < 4.78 is 13.6. The van der Waals surface area contributed by atoms with Crippen molar-refractivity contribution in [1.82, 2.24) is 25.0 Å². The second-order valence-corrected chi connectivity index (χ2v) is 8.46. The van der Waals surface area contributed by atoms with Gasteiger partial charge >= 0.3 is 0 Å². The highest BCUT2D eigenvalue weighted by Crippen LogP contribution is 2.19. The second-order valence-electron chi connectivity index (χ2n) is 8.46. The number of amides is 1. The summed E-state index contributed by atoms with van der Waals surface area (Å²) in [6.45, 7) is 7.96. The van der Waals surface area contributed by atoms with Gasteiger partial charge in [-0.2, -0.15) is 0 Å². The largest absolute Gasteiger partial charge is 0.361 e. The van der Waals surface area contributed by atoms with Crippen molar-refractivity contribution in [1.29, 1.82) is 0 Å². The minimum atomic E-state index is -0.215. The van der Waals surface area contributed by atoms with Gasteiger partial charge in [-0.1, -0.05) is 0 Å². The molecule has 2 fully saturated rings. The number of guanidine groups is 1. The topological polar surface area (TPSA) is 67.0 Å². The molecule has 2 N–H and O–H groups in total. The van der Waals surface area contributed by atoms with Gasteiger partial charge in [-0.25, -0.2) is 4.39 Å². The molecule has 1 aromatic carbocycles. The SMILES string of the molecule is CN=C(NCCc1c[nH]c2ccc(F)cc12)N1CCN(C(C)C(=O)N2CCCC2)CC1.I. The summed E-state index contributed by atoms with van der Waals surface area (Å²) in [5.74, 6) is 0.931. The summed E-state index contributed by atoms with van der Waals surface area (Å²) >= 11 is 0. The summed E-state index contributed by atoms with van der Waals surface area (Å²) in [6, 6.07) is 4.77. The van der Waals surface area contributed by atoms with E-state index in [1.165, 1.54) is 6.07 Å². The molecule has 2 saturated heterocycles. The molecular weight excluding hydrogens is 522 g/mol. The lowest BCUT2D eigenvalue weighted by molar-refractivity contribution is -0.135. The van der Waals surface area contributed by atoms with Crippen LogP contribution in [-0.4, -0.2) is 90.5 Å². The predicted molar refractivity (Wildman–Crippen MR) is 137 cm³/mol. The van der Waals surface area contributed by atoms with Crippen LogP contribution >= 0.6 is 24.0 Å². The number of likely N-dealkylation sites (tertiary alicyclic amines) is 1. The summed E-state index contributed by atoms with van der Waals surface area (Å²) in [5, 5.41) is 4.38. The van der Waals surface area contributed by atoms with Crippen LogP contribution in [0, 0.1) is 5.82 Å². The molecule has 1 unspecified atom stereocenters. The van der Waals surface area contributed by atoms with Gasteiger partial charge in [-0.3, -0.25) is 14.7 Å². The van der Waals surface area contributed by atoms with E-state index in [1.54, 1.807) is 19.2 Å². The Kier molecular flexibility index (Phi) is 8.75. The minimum Gasteiger partial charge on any atom is -0.361 e. The van der Waals surface area contributed by atoms with Gasteiger partial charge < -0.3 is 20.1 Å². The van der Waals surface area contributed by atoms with Crippen LogP contribution in [0.3, 0.4) is 0 Å². The molecule has 176 valence electrons. The van der Waals surface area contributed by atoms with E-state index >= 15 is 0 Å². The second kappa shape index (κ2) is 11.3. The van der Waals surface area contributed by atoms with E-state index < -0.39 is 0 Å². The van der Waals surface area contributed by atoms with Crippen molar-refractivity contribution in [3.8, 4) is 0 Å². The number of halogens is 2. The lowest BCUT2D eigenvalue weighted by Gasteiger charge is -2.39. The number of fused-ring (bicyclic) bond motifs is 1. The van der Waals surface area contributed by atoms with Crippen LogP contribution in [0.4, 0.5) is 4.39 Å². The van der Waals surface area contributed by atoms with E-state index in [1.807, 2.05) is 18.0 Å². The zero-order chi connectivity index (χ0) is 21.8. The van der Waals surface area contributed by atoms with Crippen LogP contribution < -0.4 is 5.32 Å². The highest BCUT2D eigenvalue weighted by Gasteiger charge is 2.30. The van der Waals surface area contributed by atoms with Gasteiger partial charge in [-0.15, -0.1) is 24.0 Å². The standard InChI is InChI=1S/C23H33FN6O.HI/c1-17(22(31)29-9-3-4-10-29)28-11-13-30(14-12-28)23(25-2)26-8-7-18-16-27-21-6-5-19(24)15-20(18)21;/h5-6,15-17,27H,3-4,7-14H2,1-2H3,(H,25,26);1H.